The summed E-state index contributed by atoms with van der Waals surface area (Å²) < 4.78 is 5.27. The van der Waals surface area contributed by atoms with E-state index in [2.05, 4.69) is 30.3 Å². The zero-order chi connectivity index (χ0) is 16.1. The molecule has 1 aromatic rings. The summed E-state index contributed by atoms with van der Waals surface area (Å²) in [6.45, 7) is 2.29. The highest BCUT2D eigenvalue weighted by molar-refractivity contribution is 7.99. The second-order valence-electron chi connectivity index (χ2n) is 6.62. The lowest BCUT2D eigenvalue weighted by atomic mass is 9.99. The molecule has 3 rings (SSSR count). The van der Waals surface area contributed by atoms with Gasteiger partial charge < -0.3 is 4.74 Å². The molecule has 2 aliphatic rings. The van der Waals surface area contributed by atoms with Gasteiger partial charge in [0.05, 0.1) is 12.2 Å². The summed E-state index contributed by atoms with van der Waals surface area (Å²) in [5.41, 5.74) is 1.74. The smallest absolute Gasteiger partial charge is 0.338 e. The van der Waals surface area contributed by atoms with Crippen LogP contribution in [0.4, 0.5) is 0 Å². The Hall–Kier alpha value is -1.22. The van der Waals surface area contributed by atoms with Crippen LogP contribution in [0.5, 0.6) is 0 Å². The van der Waals surface area contributed by atoms with Crippen molar-refractivity contribution in [3.05, 3.63) is 35.9 Å². The van der Waals surface area contributed by atoms with Crippen LogP contribution in [0.15, 0.2) is 35.2 Å². The fourth-order valence-electron chi connectivity index (χ4n) is 3.08. The van der Waals surface area contributed by atoms with Crippen molar-refractivity contribution in [1.82, 2.24) is 0 Å². The first-order chi connectivity index (χ1) is 11.3. The van der Waals surface area contributed by atoms with E-state index in [0.29, 0.717) is 12.5 Å². The van der Waals surface area contributed by atoms with E-state index in [0.717, 1.165) is 17.1 Å². The molecule has 2 aliphatic carbocycles. The van der Waals surface area contributed by atoms with Crippen LogP contribution in [0.25, 0.3) is 5.57 Å². The highest BCUT2D eigenvalue weighted by Gasteiger charge is 2.21. The first kappa shape index (κ1) is 16.6. The van der Waals surface area contributed by atoms with Gasteiger partial charge in [-0.3, -0.25) is 0 Å². The van der Waals surface area contributed by atoms with Crippen LogP contribution in [0.3, 0.4) is 0 Å². The maximum absolute atomic E-state index is 12.3. The van der Waals surface area contributed by atoms with E-state index in [1.54, 1.807) is 0 Å². The first-order valence-corrected chi connectivity index (χ1v) is 9.87. The minimum absolute atomic E-state index is 0.183. The number of hydrogen-bond donors (Lipinski definition) is 0. The molecule has 0 amide bonds. The second-order valence-corrected chi connectivity index (χ2v) is 7.72. The van der Waals surface area contributed by atoms with E-state index >= 15 is 0 Å². The molecular formula is C20H26O2S. The lowest BCUT2D eigenvalue weighted by molar-refractivity contribution is -0.136. The van der Waals surface area contributed by atoms with Crippen molar-refractivity contribution in [3.63, 3.8) is 0 Å². The standard InChI is InChI=1S/C20H26O2S/c1-2-22-20(21)19(13-15-5-3-4-6-15)17-9-11-18(12-10-17)23-14-16-7-8-16/h9-13,15-16H,2-8,14H2,1H3. The predicted octanol–water partition coefficient (Wildman–Crippen LogP) is 5.33. The Balaban J connectivity index is 1.73. The van der Waals surface area contributed by atoms with E-state index in [1.165, 1.54) is 49.2 Å². The van der Waals surface area contributed by atoms with Crippen LogP contribution in [0.2, 0.25) is 0 Å². The number of ether oxygens (including phenoxy) is 1. The number of hydrogen-bond acceptors (Lipinski definition) is 3. The van der Waals surface area contributed by atoms with E-state index in [4.69, 9.17) is 4.74 Å². The van der Waals surface area contributed by atoms with Crippen LogP contribution < -0.4 is 0 Å². The van der Waals surface area contributed by atoms with Gasteiger partial charge in [-0.15, -0.1) is 11.8 Å². The first-order valence-electron chi connectivity index (χ1n) is 8.88. The molecule has 0 spiro atoms. The summed E-state index contributed by atoms with van der Waals surface area (Å²) in [4.78, 5) is 13.6. The van der Waals surface area contributed by atoms with Crippen LogP contribution >= 0.6 is 11.8 Å². The molecule has 0 unspecified atom stereocenters. The number of carbonyl (C=O) groups is 1. The fourth-order valence-corrected chi connectivity index (χ4v) is 4.17. The zero-order valence-corrected chi connectivity index (χ0v) is 14.7. The lowest BCUT2D eigenvalue weighted by Gasteiger charge is -2.11. The molecule has 0 atom stereocenters. The van der Waals surface area contributed by atoms with Gasteiger partial charge in [-0.1, -0.05) is 31.1 Å². The molecule has 0 heterocycles. The van der Waals surface area contributed by atoms with Gasteiger partial charge in [0, 0.05) is 10.6 Å². The Kier molecular flexibility index (Phi) is 5.82. The van der Waals surface area contributed by atoms with Crippen molar-refractivity contribution in [2.45, 2.75) is 50.3 Å². The average Bonchev–Trinajstić information content (AvgIpc) is 3.26. The van der Waals surface area contributed by atoms with Crippen LogP contribution in [-0.2, 0) is 9.53 Å². The number of allylic oxidation sites excluding steroid dienone is 1. The fraction of sp³-hybridized carbons (Fsp3) is 0.550. The summed E-state index contributed by atoms with van der Waals surface area (Å²) in [7, 11) is 0. The molecule has 0 radical (unpaired) electrons. The predicted molar refractivity (Wildman–Crippen MR) is 96.5 cm³/mol. The van der Waals surface area contributed by atoms with Crippen LogP contribution in [0.1, 0.15) is 51.0 Å². The molecule has 2 fully saturated rings. The highest BCUT2D eigenvalue weighted by atomic mass is 32.2. The Morgan fingerprint density at radius 1 is 1.17 bits per heavy atom. The van der Waals surface area contributed by atoms with Gasteiger partial charge in [0.2, 0.25) is 0 Å². The molecule has 23 heavy (non-hydrogen) atoms. The number of rotatable bonds is 7. The van der Waals surface area contributed by atoms with E-state index in [9.17, 15) is 4.79 Å². The minimum atomic E-state index is -0.183. The maximum Gasteiger partial charge on any atom is 0.338 e. The third kappa shape index (κ3) is 4.87. The Labute approximate surface area is 143 Å². The molecule has 0 bridgehead atoms. The number of carbonyl (C=O) groups excluding carboxylic acids is 1. The number of thioether (sulfide) groups is 1. The molecule has 2 saturated carbocycles. The summed E-state index contributed by atoms with van der Waals surface area (Å²) in [6, 6.07) is 8.44. The number of benzene rings is 1. The quantitative estimate of drug-likeness (QED) is 0.384. The van der Waals surface area contributed by atoms with Gasteiger partial charge in [0.15, 0.2) is 0 Å². The van der Waals surface area contributed by atoms with Gasteiger partial charge in [-0.2, -0.15) is 0 Å². The summed E-state index contributed by atoms with van der Waals surface area (Å²) in [5, 5.41) is 0. The average molecular weight is 330 g/mol. The van der Waals surface area contributed by atoms with E-state index in [1.807, 2.05) is 18.7 Å². The van der Waals surface area contributed by atoms with Crippen molar-refractivity contribution >= 4 is 23.3 Å². The lowest BCUT2D eigenvalue weighted by Crippen LogP contribution is -2.08. The topological polar surface area (TPSA) is 26.3 Å². The van der Waals surface area contributed by atoms with Crippen LogP contribution in [-0.4, -0.2) is 18.3 Å². The van der Waals surface area contributed by atoms with E-state index < -0.39 is 0 Å². The summed E-state index contributed by atoms with van der Waals surface area (Å²) in [6.07, 6.45) is 9.86. The van der Waals surface area contributed by atoms with Crippen molar-refractivity contribution < 1.29 is 9.53 Å². The summed E-state index contributed by atoms with van der Waals surface area (Å²) in [5.74, 6) is 2.50. The van der Waals surface area contributed by atoms with E-state index in [-0.39, 0.29) is 5.97 Å². The van der Waals surface area contributed by atoms with Crippen molar-refractivity contribution in [2.24, 2.45) is 11.8 Å². The van der Waals surface area contributed by atoms with Crippen molar-refractivity contribution in [1.29, 1.82) is 0 Å². The third-order valence-corrected chi connectivity index (χ3v) is 5.89. The van der Waals surface area contributed by atoms with Gasteiger partial charge in [-0.25, -0.2) is 4.79 Å². The summed E-state index contributed by atoms with van der Waals surface area (Å²) >= 11 is 1.93. The Morgan fingerprint density at radius 2 is 1.87 bits per heavy atom. The van der Waals surface area contributed by atoms with Crippen molar-refractivity contribution in [3.8, 4) is 0 Å². The van der Waals surface area contributed by atoms with Gasteiger partial charge >= 0.3 is 5.97 Å². The zero-order valence-electron chi connectivity index (χ0n) is 13.9. The Bertz CT molecular complexity index is 552. The molecule has 0 N–H and O–H groups in total. The second kappa shape index (κ2) is 8.05. The molecule has 0 saturated heterocycles. The van der Waals surface area contributed by atoms with Gasteiger partial charge in [0.25, 0.3) is 0 Å². The molecule has 0 aromatic heterocycles. The largest absolute Gasteiger partial charge is 0.462 e. The van der Waals surface area contributed by atoms with Crippen molar-refractivity contribution in [2.75, 3.05) is 12.4 Å². The molecule has 3 heteroatoms. The normalized spacial score (nSPS) is 19.1. The highest BCUT2D eigenvalue weighted by Crippen LogP contribution is 2.35. The monoisotopic (exact) mass is 330 g/mol. The molecular weight excluding hydrogens is 304 g/mol. The molecule has 0 aliphatic heterocycles. The number of esters is 1. The third-order valence-electron chi connectivity index (χ3n) is 4.65. The Morgan fingerprint density at radius 3 is 2.48 bits per heavy atom. The van der Waals surface area contributed by atoms with Crippen LogP contribution in [0, 0.1) is 11.8 Å². The maximum atomic E-state index is 12.3. The van der Waals surface area contributed by atoms with Gasteiger partial charge in [0.1, 0.15) is 0 Å². The van der Waals surface area contributed by atoms with Gasteiger partial charge in [-0.05, 0) is 62.1 Å². The SMILES string of the molecule is CCOC(=O)C(=CC1CCCC1)c1ccc(SCC2CC2)cc1. The molecule has 2 nitrogen and oxygen atoms in total. The molecule has 124 valence electrons. The minimum Gasteiger partial charge on any atom is -0.462 e. The molecule has 1 aromatic carbocycles.